The Bertz CT molecular complexity index is 1140. The number of methoxy groups -OCH3 is 3. The maximum Gasteiger partial charge on any atom is 0.258 e. The SMILES string of the molecule is CCN(Cc1nc2cc(OC)c(OC)cc2c(=O)[nH]1)C(=O)c1ccc(C)c(OC)c1. The number of nitrogens with zero attached hydrogens (tertiary/aromatic N) is 2. The Balaban J connectivity index is 1.95. The number of aryl methyl sites for hydroxylation is 1. The van der Waals surface area contributed by atoms with Crippen molar-refractivity contribution in [1.82, 2.24) is 14.9 Å². The third-order valence-corrected chi connectivity index (χ3v) is 4.92. The molecule has 0 atom stereocenters. The van der Waals surface area contributed by atoms with Gasteiger partial charge in [-0.2, -0.15) is 0 Å². The second kappa shape index (κ2) is 8.86. The minimum Gasteiger partial charge on any atom is -0.496 e. The number of hydrogen-bond acceptors (Lipinski definition) is 6. The van der Waals surface area contributed by atoms with Gasteiger partial charge in [0.25, 0.3) is 11.5 Å². The van der Waals surface area contributed by atoms with Gasteiger partial charge in [0, 0.05) is 18.2 Å². The minimum atomic E-state index is -0.309. The molecule has 3 rings (SSSR count). The Hall–Kier alpha value is -3.55. The van der Waals surface area contributed by atoms with Crippen LogP contribution in [0.2, 0.25) is 0 Å². The average Bonchev–Trinajstić information content (AvgIpc) is 2.76. The van der Waals surface area contributed by atoms with E-state index < -0.39 is 0 Å². The van der Waals surface area contributed by atoms with Gasteiger partial charge in [0.05, 0.1) is 38.8 Å². The molecule has 8 heteroatoms. The first-order chi connectivity index (χ1) is 14.4. The van der Waals surface area contributed by atoms with Crippen LogP contribution in [0.5, 0.6) is 17.2 Å². The van der Waals surface area contributed by atoms with E-state index >= 15 is 0 Å². The smallest absolute Gasteiger partial charge is 0.258 e. The van der Waals surface area contributed by atoms with Gasteiger partial charge < -0.3 is 24.1 Å². The number of nitrogens with one attached hydrogen (secondary N) is 1. The molecule has 0 unspecified atom stereocenters. The maximum absolute atomic E-state index is 13.0. The summed E-state index contributed by atoms with van der Waals surface area (Å²) in [7, 11) is 4.59. The molecule has 0 saturated heterocycles. The summed E-state index contributed by atoms with van der Waals surface area (Å²) in [4.78, 5) is 34.5. The number of H-pyrrole nitrogens is 1. The van der Waals surface area contributed by atoms with Crippen molar-refractivity contribution in [2.75, 3.05) is 27.9 Å². The summed E-state index contributed by atoms with van der Waals surface area (Å²) in [6, 6.07) is 8.56. The summed E-state index contributed by atoms with van der Waals surface area (Å²) in [5, 5.41) is 0.383. The summed E-state index contributed by atoms with van der Waals surface area (Å²) in [5.74, 6) is 1.78. The molecular formula is C22H25N3O5. The van der Waals surface area contributed by atoms with Crippen LogP contribution in [0.25, 0.3) is 10.9 Å². The van der Waals surface area contributed by atoms with E-state index in [0.717, 1.165) is 5.56 Å². The standard InChI is InChI=1S/C22H25N3O5/c1-6-25(22(27)14-8-7-13(2)17(9-14)28-3)12-20-23-16-11-19(30-5)18(29-4)10-15(16)21(26)24-20/h7-11H,6,12H2,1-5H3,(H,23,24,26). The minimum absolute atomic E-state index is 0.158. The highest BCUT2D eigenvalue weighted by molar-refractivity contribution is 5.94. The van der Waals surface area contributed by atoms with Gasteiger partial charge in [0.15, 0.2) is 11.5 Å². The van der Waals surface area contributed by atoms with Crippen molar-refractivity contribution in [2.45, 2.75) is 20.4 Å². The molecule has 1 N–H and O–H groups in total. The summed E-state index contributed by atoms with van der Waals surface area (Å²) in [6.45, 7) is 4.39. The number of carbonyl (C=O) groups excluding carboxylic acids is 1. The number of aromatic nitrogens is 2. The van der Waals surface area contributed by atoms with E-state index in [-0.39, 0.29) is 18.0 Å². The van der Waals surface area contributed by atoms with Crippen molar-refractivity contribution < 1.29 is 19.0 Å². The molecule has 0 aliphatic carbocycles. The van der Waals surface area contributed by atoms with Gasteiger partial charge in [-0.15, -0.1) is 0 Å². The Morgan fingerprint density at radius 3 is 2.33 bits per heavy atom. The van der Waals surface area contributed by atoms with Crippen LogP contribution < -0.4 is 19.8 Å². The van der Waals surface area contributed by atoms with E-state index in [1.807, 2.05) is 19.9 Å². The zero-order chi connectivity index (χ0) is 21.8. The zero-order valence-corrected chi connectivity index (χ0v) is 17.7. The Kier molecular flexibility index (Phi) is 6.25. The molecular weight excluding hydrogens is 386 g/mol. The van der Waals surface area contributed by atoms with Crippen LogP contribution in [0.15, 0.2) is 35.1 Å². The Morgan fingerprint density at radius 2 is 1.70 bits per heavy atom. The highest BCUT2D eigenvalue weighted by Gasteiger charge is 2.18. The van der Waals surface area contributed by atoms with E-state index in [4.69, 9.17) is 14.2 Å². The normalized spacial score (nSPS) is 10.7. The molecule has 1 heterocycles. The van der Waals surface area contributed by atoms with E-state index in [2.05, 4.69) is 9.97 Å². The highest BCUT2D eigenvalue weighted by atomic mass is 16.5. The number of amides is 1. The second-order valence-electron chi connectivity index (χ2n) is 6.74. The quantitative estimate of drug-likeness (QED) is 0.643. The lowest BCUT2D eigenvalue weighted by atomic mass is 10.1. The van der Waals surface area contributed by atoms with Gasteiger partial charge >= 0.3 is 0 Å². The largest absolute Gasteiger partial charge is 0.496 e. The lowest BCUT2D eigenvalue weighted by molar-refractivity contribution is 0.0748. The van der Waals surface area contributed by atoms with Crippen LogP contribution in [0.1, 0.15) is 28.7 Å². The molecule has 1 amide bonds. The van der Waals surface area contributed by atoms with Crippen molar-refractivity contribution in [3.05, 3.63) is 57.6 Å². The fraction of sp³-hybridized carbons (Fsp3) is 0.318. The lowest BCUT2D eigenvalue weighted by Crippen LogP contribution is -2.32. The zero-order valence-electron chi connectivity index (χ0n) is 17.7. The Morgan fingerprint density at radius 1 is 1.03 bits per heavy atom. The maximum atomic E-state index is 13.0. The molecule has 3 aromatic rings. The molecule has 0 aliphatic heterocycles. The van der Waals surface area contributed by atoms with Crippen LogP contribution in [0.3, 0.4) is 0 Å². The highest BCUT2D eigenvalue weighted by Crippen LogP contribution is 2.30. The monoisotopic (exact) mass is 411 g/mol. The van der Waals surface area contributed by atoms with Crippen LogP contribution >= 0.6 is 0 Å². The molecule has 8 nitrogen and oxygen atoms in total. The number of rotatable bonds is 7. The van der Waals surface area contributed by atoms with E-state index in [1.54, 1.807) is 36.3 Å². The average molecular weight is 411 g/mol. The van der Waals surface area contributed by atoms with E-state index in [0.29, 0.717) is 46.1 Å². The molecule has 158 valence electrons. The molecule has 0 aliphatic rings. The van der Waals surface area contributed by atoms with Crippen LogP contribution in [-0.2, 0) is 6.54 Å². The van der Waals surface area contributed by atoms with Gasteiger partial charge in [-0.1, -0.05) is 6.07 Å². The fourth-order valence-electron chi connectivity index (χ4n) is 3.23. The number of ether oxygens (including phenoxy) is 3. The molecule has 30 heavy (non-hydrogen) atoms. The number of carbonyl (C=O) groups is 1. The second-order valence-corrected chi connectivity index (χ2v) is 6.74. The molecule has 0 spiro atoms. The van der Waals surface area contributed by atoms with Crippen molar-refractivity contribution in [2.24, 2.45) is 0 Å². The number of hydrogen-bond donors (Lipinski definition) is 1. The first kappa shape index (κ1) is 21.2. The van der Waals surface area contributed by atoms with Gasteiger partial charge in [0.1, 0.15) is 11.6 Å². The molecule has 0 bridgehead atoms. The number of aromatic amines is 1. The van der Waals surface area contributed by atoms with Crippen molar-refractivity contribution in [1.29, 1.82) is 0 Å². The summed E-state index contributed by atoms with van der Waals surface area (Å²) >= 11 is 0. The van der Waals surface area contributed by atoms with E-state index in [1.165, 1.54) is 14.2 Å². The van der Waals surface area contributed by atoms with Gasteiger partial charge in [-0.3, -0.25) is 9.59 Å². The van der Waals surface area contributed by atoms with Gasteiger partial charge in [-0.05, 0) is 37.6 Å². The van der Waals surface area contributed by atoms with Crippen molar-refractivity contribution >= 4 is 16.8 Å². The topological polar surface area (TPSA) is 93.8 Å². The fourth-order valence-corrected chi connectivity index (χ4v) is 3.23. The molecule has 0 radical (unpaired) electrons. The predicted octanol–water partition coefficient (Wildman–Crippen LogP) is 2.92. The molecule has 2 aromatic carbocycles. The predicted molar refractivity (Wildman–Crippen MR) is 114 cm³/mol. The van der Waals surface area contributed by atoms with E-state index in [9.17, 15) is 9.59 Å². The third kappa shape index (κ3) is 4.07. The van der Waals surface area contributed by atoms with Crippen LogP contribution in [0, 0.1) is 6.92 Å². The molecule has 0 fully saturated rings. The van der Waals surface area contributed by atoms with Gasteiger partial charge in [-0.25, -0.2) is 4.98 Å². The van der Waals surface area contributed by atoms with Crippen molar-refractivity contribution in [3.8, 4) is 17.2 Å². The molecule has 1 aromatic heterocycles. The van der Waals surface area contributed by atoms with Crippen LogP contribution in [0.4, 0.5) is 0 Å². The first-order valence-electron chi connectivity index (χ1n) is 9.50. The Labute approximate surface area is 174 Å². The van der Waals surface area contributed by atoms with Crippen LogP contribution in [-0.4, -0.2) is 48.6 Å². The summed E-state index contributed by atoms with van der Waals surface area (Å²) < 4.78 is 15.9. The molecule has 0 saturated carbocycles. The summed E-state index contributed by atoms with van der Waals surface area (Å²) in [6.07, 6.45) is 0. The first-order valence-corrected chi connectivity index (χ1v) is 9.50. The van der Waals surface area contributed by atoms with Crippen molar-refractivity contribution in [3.63, 3.8) is 0 Å². The lowest BCUT2D eigenvalue weighted by Gasteiger charge is -2.21. The van der Waals surface area contributed by atoms with Gasteiger partial charge in [0.2, 0.25) is 0 Å². The number of benzene rings is 2. The summed E-state index contributed by atoms with van der Waals surface area (Å²) in [5.41, 5.74) is 1.61. The number of fused-ring (bicyclic) bond motifs is 1. The third-order valence-electron chi connectivity index (χ3n) is 4.92.